The lowest BCUT2D eigenvalue weighted by atomic mass is 10.0. The van der Waals surface area contributed by atoms with Crippen molar-refractivity contribution in [3.8, 4) is 17.1 Å². The molecule has 0 bridgehead atoms. The molecule has 0 aliphatic carbocycles. The molecule has 2 aromatic carbocycles. The summed E-state index contributed by atoms with van der Waals surface area (Å²) in [7, 11) is 0. The number of aryl methyl sites for hydroxylation is 2. The van der Waals surface area contributed by atoms with E-state index in [9.17, 15) is 14.3 Å². The molecule has 0 atom stereocenters. The van der Waals surface area contributed by atoms with Gasteiger partial charge in [0.05, 0.1) is 5.56 Å². The first kappa shape index (κ1) is 19.8. The van der Waals surface area contributed by atoms with Crippen LogP contribution in [0, 0.1) is 18.7 Å². The van der Waals surface area contributed by atoms with Crippen molar-refractivity contribution in [3.63, 3.8) is 0 Å². The molecular formula is C23H25FN2O2. The summed E-state index contributed by atoms with van der Waals surface area (Å²) in [6.07, 6.45) is 1.13. The molecule has 0 fully saturated rings. The minimum Gasteiger partial charge on any atom is -0.507 e. The highest BCUT2D eigenvalue weighted by Gasteiger charge is 2.18. The molecule has 1 aromatic heterocycles. The van der Waals surface area contributed by atoms with Gasteiger partial charge in [0.15, 0.2) is 0 Å². The molecule has 0 aliphatic rings. The van der Waals surface area contributed by atoms with E-state index in [1.54, 1.807) is 34.9 Å². The second-order valence-corrected chi connectivity index (χ2v) is 7.45. The first-order valence-corrected chi connectivity index (χ1v) is 9.50. The molecule has 0 spiro atoms. The van der Waals surface area contributed by atoms with Gasteiger partial charge in [-0.25, -0.2) is 9.37 Å². The van der Waals surface area contributed by atoms with Crippen LogP contribution in [0.4, 0.5) is 4.39 Å². The predicted molar refractivity (Wildman–Crippen MR) is 109 cm³/mol. The SMILES string of the molecule is Cc1nc(-c2ccccc2O)n(CCc2cccc(F)c2)c(=O)c1CC(C)C. The second kappa shape index (κ2) is 8.38. The van der Waals surface area contributed by atoms with Crippen molar-refractivity contribution in [1.82, 2.24) is 9.55 Å². The van der Waals surface area contributed by atoms with Crippen LogP contribution in [0.3, 0.4) is 0 Å². The summed E-state index contributed by atoms with van der Waals surface area (Å²) in [5, 5.41) is 10.3. The van der Waals surface area contributed by atoms with Gasteiger partial charge in [-0.05, 0) is 55.5 Å². The average molecular weight is 380 g/mol. The van der Waals surface area contributed by atoms with Crippen molar-refractivity contribution in [2.24, 2.45) is 5.92 Å². The van der Waals surface area contributed by atoms with E-state index in [1.807, 2.05) is 13.0 Å². The maximum absolute atomic E-state index is 13.5. The topological polar surface area (TPSA) is 55.1 Å². The van der Waals surface area contributed by atoms with Crippen LogP contribution in [0.1, 0.15) is 30.7 Å². The fourth-order valence-electron chi connectivity index (χ4n) is 3.35. The number of hydrogen-bond acceptors (Lipinski definition) is 3. The van der Waals surface area contributed by atoms with E-state index in [2.05, 4.69) is 18.8 Å². The molecule has 146 valence electrons. The summed E-state index contributed by atoms with van der Waals surface area (Å²) in [5.41, 5.74) is 2.59. The zero-order chi connectivity index (χ0) is 20.3. The predicted octanol–water partition coefficient (Wildman–Crippen LogP) is 4.50. The standard InChI is InChI=1S/C23H25FN2O2/c1-15(2)13-20-16(3)25-22(19-9-4-5-10-21(19)27)26(23(20)28)12-11-17-7-6-8-18(24)14-17/h4-10,14-15,27H,11-13H2,1-3H3. The minimum atomic E-state index is -0.298. The Hall–Kier alpha value is -2.95. The van der Waals surface area contributed by atoms with E-state index < -0.39 is 0 Å². The van der Waals surface area contributed by atoms with Gasteiger partial charge >= 0.3 is 0 Å². The van der Waals surface area contributed by atoms with E-state index in [1.165, 1.54) is 12.1 Å². The Morgan fingerprint density at radius 1 is 1.14 bits per heavy atom. The van der Waals surface area contributed by atoms with Crippen molar-refractivity contribution < 1.29 is 9.50 Å². The van der Waals surface area contributed by atoms with Gasteiger partial charge in [0.1, 0.15) is 17.4 Å². The van der Waals surface area contributed by atoms with Crippen molar-refractivity contribution in [3.05, 3.63) is 81.5 Å². The quantitative estimate of drug-likeness (QED) is 0.685. The first-order chi connectivity index (χ1) is 13.4. The maximum Gasteiger partial charge on any atom is 0.257 e. The number of phenols is 1. The summed E-state index contributed by atoms with van der Waals surface area (Å²) < 4.78 is 15.1. The maximum atomic E-state index is 13.5. The summed E-state index contributed by atoms with van der Waals surface area (Å²) in [6, 6.07) is 13.2. The highest BCUT2D eigenvalue weighted by molar-refractivity contribution is 5.64. The Kier molecular flexibility index (Phi) is 5.93. The number of rotatable bonds is 6. The number of halogens is 1. The molecule has 1 heterocycles. The number of hydrogen-bond donors (Lipinski definition) is 1. The number of benzene rings is 2. The first-order valence-electron chi connectivity index (χ1n) is 9.50. The summed E-state index contributed by atoms with van der Waals surface area (Å²) in [6.45, 7) is 6.31. The second-order valence-electron chi connectivity index (χ2n) is 7.45. The lowest BCUT2D eigenvalue weighted by Gasteiger charge is -2.17. The van der Waals surface area contributed by atoms with Gasteiger partial charge in [-0.15, -0.1) is 0 Å². The van der Waals surface area contributed by atoms with Gasteiger partial charge in [0, 0.05) is 17.8 Å². The fraction of sp³-hybridized carbons (Fsp3) is 0.304. The van der Waals surface area contributed by atoms with Crippen LogP contribution in [-0.2, 0) is 19.4 Å². The van der Waals surface area contributed by atoms with Crippen LogP contribution in [0.15, 0.2) is 53.3 Å². The number of aromatic nitrogens is 2. The van der Waals surface area contributed by atoms with Gasteiger partial charge in [-0.3, -0.25) is 9.36 Å². The highest BCUT2D eigenvalue weighted by atomic mass is 19.1. The van der Waals surface area contributed by atoms with E-state index in [0.717, 1.165) is 5.56 Å². The summed E-state index contributed by atoms with van der Waals surface area (Å²) in [5.74, 6) is 0.531. The third-order valence-corrected chi connectivity index (χ3v) is 4.74. The third kappa shape index (κ3) is 4.30. The minimum absolute atomic E-state index is 0.0740. The van der Waals surface area contributed by atoms with Crippen LogP contribution in [0.2, 0.25) is 0 Å². The Morgan fingerprint density at radius 2 is 1.89 bits per heavy atom. The van der Waals surface area contributed by atoms with Crippen LogP contribution in [0.5, 0.6) is 5.75 Å². The zero-order valence-electron chi connectivity index (χ0n) is 16.4. The lowest BCUT2D eigenvalue weighted by Crippen LogP contribution is -2.29. The number of aromatic hydroxyl groups is 1. The average Bonchev–Trinajstić information content (AvgIpc) is 2.64. The molecule has 3 aromatic rings. The molecule has 1 N–H and O–H groups in total. The number of para-hydroxylation sites is 1. The Bertz CT molecular complexity index is 1040. The molecule has 0 saturated heterocycles. The monoisotopic (exact) mass is 380 g/mol. The molecule has 4 nitrogen and oxygen atoms in total. The van der Waals surface area contributed by atoms with Gasteiger partial charge in [-0.1, -0.05) is 38.1 Å². The van der Waals surface area contributed by atoms with Gasteiger partial charge in [0.25, 0.3) is 5.56 Å². The van der Waals surface area contributed by atoms with E-state index in [-0.39, 0.29) is 17.1 Å². The Labute approximate surface area is 164 Å². The van der Waals surface area contributed by atoms with Crippen LogP contribution >= 0.6 is 0 Å². The molecule has 0 unspecified atom stereocenters. The Morgan fingerprint density at radius 3 is 2.57 bits per heavy atom. The van der Waals surface area contributed by atoms with Gasteiger partial charge in [-0.2, -0.15) is 0 Å². The third-order valence-electron chi connectivity index (χ3n) is 4.74. The summed E-state index contributed by atoms with van der Waals surface area (Å²) in [4.78, 5) is 18.0. The fourth-order valence-corrected chi connectivity index (χ4v) is 3.35. The molecule has 3 rings (SSSR count). The largest absolute Gasteiger partial charge is 0.507 e. The van der Waals surface area contributed by atoms with Gasteiger partial charge < -0.3 is 5.11 Å². The molecule has 0 saturated carbocycles. The van der Waals surface area contributed by atoms with E-state index >= 15 is 0 Å². The smallest absolute Gasteiger partial charge is 0.257 e. The van der Waals surface area contributed by atoms with Crippen molar-refractivity contribution >= 4 is 0 Å². The molecule has 5 heteroatoms. The van der Waals surface area contributed by atoms with Gasteiger partial charge in [0.2, 0.25) is 0 Å². The van der Waals surface area contributed by atoms with Crippen molar-refractivity contribution in [1.29, 1.82) is 0 Å². The Balaban J connectivity index is 2.10. The van der Waals surface area contributed by atoms with Crippen LogP contribution < -0.4 is 5.56 Å². The molecule has 28 heavy (non-hydrogen) atoms. The normalized spacial score (nSPS) is 11.2. The van der Waals surface area contributed by atoms with Crippen molar-refractivity contribution in [2.75, 3.05) is 0 Å². The van der Waals surface area contributed by atoms with E-state index in [4.69, 9.17) is 0 Å². The number of phenolic OH excluding ortho intramolecular Hbond substituents is 1. The molecule has 0 amide bonds. The summed E-state index contributed by atoms with van der Waals surface area (Å²) >= 11 is 0. The number of nitrogens with zero attached hydrogens (tertiary/aromatic N) is 2. The molecular weight excluding hydrogens is 355 g/mol. The van der Waals surface area contributed by atoms with Crippen LogP contribution in [0.25, 0.3) is 11.4 Å². The van der Waals surface area contributed by atoms with E-state index in [0.29, 0.717) is 47.9 Å². The van der Waals surface area contributed by atoms with Crippen LogP contribution in [-0.4, -0.2) is 14.7 Å². The van der Waals surface area contributed by atoms with Crippen molar-refractivity contribution in [2.45, 2.75) is 40.2 Å². The molecule has 0 aliphatic heterocycles. The molecule has 0 radical (unpaired) electrons. The zero-order valence-corrected chi connectivity index (χ0v) is 16.4. The lowest BCUT2D eigenvalue weighted by molar-refractivity contribution is 0.475. The highest BCUT2D eigenvalue weighted by Crippen LogP contribution is 2.27.